The molecular weight excluding hydrogens is 521 g/mol. The lowest BCUT2D eigenvalue weighted by atomic mass is 10.0. The third-order valence-electron chi connectivity index (χ3n) is 6.14. The van der Waals surface area contributed by atoms with Gasteiger partial charge in [-0.15, -0.1) is 0 Å². The van der Waals surface area contributed by atoms with Crippen LogP contribution in [0.25, 0.3) is 11.1 Å². The molecule has 38 heavy (non-hydrogen) atoms. The first kappa shape index (κ1) is 29.5. The van der Waals surface area contributed by atoms with Crippen LogP contribution < -0.4 is 10.1 Å². The van der Waals surface area contributed by atoms with Crippen molar-refractivity contribution in [1.29, 1.82) is 0 Å². The standard InChI is InChI=1S/C29H34F5NO2S/c1-2-3-4-5-6-7-8-9-21-37-27-19-17-24(18-20-27)23-13-15-25(16-14-23)29(36)35-26-11-10-12-28(22-26)38(30,31,32,33)34/h10-20,22H,2-9,21H2,1H3,(H,35,36). The second-order valence-corrected chi connectivity index (χ2v) is 11.8. The highest BCUT2D eigenvalue weighted by atomic mass is 32.5. The Balaban J connectivity index is 1.50. The SMILES string of the molecule is CCCCCCCCCCOc1ccc(-c2ccc(C(=O)Nc3cccc(S(F)(F)(F)(F)F)c3)cc2)cc1. The van der Waals surface area contributed by atoms with Crippen molar-refractivity contribution in [2.75, 3.05) is 11.9 Å². The fourth-order valence-electron chi connectivity index (χ4n) is 4.00. The van der Waals surface area contributed by atoms with Gasteiger partial charge in [-0.05, 0) is 60.0 Å². The molecule has 0 fully saturated rings. The number of anilines is 1. The summed E-state index contributed by atoms with van der Waals surface area (Å²) in [7, 11) is -9.84. The van der Waals surface area contributed by atoms with Gasteiger partial charge in [0.25, 0.3) is 5.91 Å². The van der Waals surface area contributed by atoms with Gasteiger partial charge >= 0.3 is 10.2 Å². The molecule has 208 valence electrons. The molecular formula is C29H34F5NO2S. The van der Waals surface area contributed by atoms with E-state index in [-0.39, 0.29) is 17.3 Å². The fourth-order valence-corrected chi connectivity index (χ4v) is 4.69. The number of hydrogen-bond acceptors (Lipinski definition) is 2. The molecule has 0 unspecified atom stereocenters. The maximum absolute atomic E-state index is 13.0. The van der Waals surface area contributed by atoms with Gasteiger partial charge in [-0.3, -0.25) is 4.79 Å². The number of ether oxygens (including phenoxy) is 1. The molecule has 0 spiro atoms. The number of carbonyl (C=O) groups is 1. The van der Waals surface area contributed by atoms with Gasteiger partial charge < -0.3 is 10.1 Å². The van der Waals surface area contributed by atoms with Crippen LogP contribution in [0.4, 0.5) is 25.1 Å². The number of benzene rings is 3. The third kappa shape index (κ3) is 9.35. The molecule has 3 aromatic rings. The molecule has 9 heteroatoms. The smallest absolute Gasteiger partial charge is 0.310 e. The summed E-state index contributed by atoms with van der Waals surface area (Å²) in [6.45, 7) is 2.89. The number of amides is 1. The first-order valence-electron chi connectivity index (χ1n) is 12.8. The Hall–Kier alpha value is -3.07. The van der Waals surface area contributed by atoms with Crippen molar-refractivity contribution in [1.82, 2.24) is 0 Å². The van der Waals surface area contributed by atoms with Crippen molar-refractivity contribution in [3.8, 4) is 16.9 Å². The number of carbonyl (C=O) groups excluding carboxylic acids is 1. The monoisotopic (exact) mass is 555 g/mol. The van der Waals surface area contributed by atoms with Gasteiger partial charge in [-0.1, -0.05) is 102 Å². The van der Waals surface area contributed by atoms with Crippen LogP contribution in [-0.4, -0.2) is 12.5 Å². The van der Waals surface area contributed by atoms with E-state index in [0.717, 1.165) is 41.9 Å². The Morgan fingerprint density at radius 3 is 1.87 bits per heavy atom. The number of nitrogens with one attached hydrogen (secondary N) is 1. The predicted molar refractivity (Wildman–Crippen MR) is 146 cm³/mol. The molecule has 0 aliphatic heterocycles. The summed E-state index contributed by atoms with van der Waals surface area (Å²) in [6, 6.07) is 16.5. The molecule has 0 aromatic heterocycles. The molecule has 0 saturated heterocycles. The van der Waals surface area contributed by atoms with E-state index in [1.165, 1.54) is 50.7 Å². The minimum absolute atomic E-state index is 0.178. The highest BCUT2D eigenvalue weighted by Crippen LogP contribution is 3.02. The maximum Gasteiger partial charge on any atom is 0.310 e. The maximum atomic E-state index is 13.0. The van der Waals surface area contributed by atoms with E-state index >= 15 is 0 Å². The summed E-state index contributed by atoms with van der Waals surface area (Å²) in [5.74, 6) is 0.0714. The average Bonchev–Trinajstić information content (AvgIpc) is 2.87. The summed E-state index contributed by atoms with van der Waals surface area (Å²) in [4.78, 5) is 10.4. The number of unbranched alkanes of at least 4 members (excludes halogenated alkanes) is 7. The molecule has 3 rings (SSSR count). The Labute approximate surface area is 221 Å². The molecule has 3 aromatic carbocycles. The molecule has 0 saturated carbocycles. The van der Waals surface area contributed by atoms with Crippen LogP contribution in [0.15, 0.2) is 77.7 Å². The van der Waals surface area contributed by atoms with Crippen LogP contribution in [0.1, 0.15) is 68.6 Å². The third-order valence-corrected chi connectivity index (χ3v) is 7.28. The summed E-state index contributed by atoms with van der Waals surface area (Å²) in [5, 5.41) is 2.25. The van der Waals surface area contributed by atoms with Crippen LogP contribution in [0, 0.1) is 0 Å². The topological polar surface area (TPSA) is 38.3 Å². The minimum Gasteiger partial charge on any atom is -0.494 e. The van der Waals surface area contributed by atoms with Crippen molar-refractivity contribution in [3.63, 3.8) is 0 Å². The van der Waals surface area contributed by atoms with Crippen molar-refractivity contribution in [3.05, 3.63) is 78.4 Å². The Bertz CT molecular complexity index is 1200. The first-order valence-corrected chi connectivity index (χ1v) is 14.8. The summed E-state index contributed by atoms with van der Waals surface area (Å²) >= 11 is 0. The Kier molecular flexibility index (Phi) is 9.13. The number of halogens is 5. The van der Waals surface area contributed by atoms with Crippen LogP contribution in [0.5, 0.6) is 5.75 Å². The zero-order valence-electron chi connectivity index (χ0n) is 21.4. The van der Waals surface area contributed by atoms with E-state index in [4.69, 9.17) is 4.74 Å². The minimum atomic E-state index is -9.84. The fraction of sp³-hybridized carbons (Fsp3) is 0.345. The van der Waals surface area contributed by atoms with Gasteiger partial charge in [0, 0.05) is 11.3 Å². The molecule has 0 atom stereocenters. The van der Waals surface area contributed by atoms with Crippen LogP contribution in [0.3, 0.4) is 0 Å². The van der Waals surface area contributed by atoms with E-state index in [1.54, 1.807) is 12.1 Å². The Morgan fingerprint density at radius 1 is 0.737 bits per heavy atom. The molecule has 1 amide bonds. The lowest BCUT2D eigenvalue weighted by molar-refractivity contribution is 0.102. The van der Waals surface area contributed by atoms with E-state index in [9.17, 15) is 24.2 Å². The Morgan fingerprint density at radius 2 is 1.29 bits per heavy atom. The molecule has 1 N–H and O–H groups in total. The van der Waals surface area contributed by atoms with Gasteiger partial charge in [0.2, 0.25) is 0 Å². The largest absolute Gasteiger partial charge is 0.494 e. The lowest BCUT2D eigenvalue weighted by Gasteiger charge is -2.40. The van der Waals surface area contributed by atoms with Gasteiger partial charge in [0.1, 0.15) is 10.6 Å². The van der Waals surface area contributed by atoms with E-state index in [1.807, 2.05) is 24.3 Å². The second-order valence-electron chi connectivity index (χ2n) is 9.38. The van der Waals surface area contributed by atoms with Crippen molar-refractivity contribution in [2.45, 2.75) is 63.2 Å². The molecule has 0 aliphatic rings. The van der Waals surface area contributed by atoms with E-state index in [2.05, 4.69) is 12.2 Å². The van der Waals surface area contributed by atoms with E-state index in [0.29, 0.717) is 12.7 Å². The summed E-state index contributed by atoms with van der Waals surface area (Å²) in [5.41, 5.74) is 1.54. The van der Waals surface area contributed by atoms with Crippen molar-refractivity contribution >= 4 is 21.8 Å². The summed E-state index contributed by atoms with van der Waals surface area (Å²) < 4.78 is 71.1. The first-order chi connectivity index (χ1) is 17.9. The molecule has 0 radical (unpaired) electrons. The van der Waals surface area contributed by atoms with Crippen LogP contribution in [-0.2, 0) is 0 Å². The van der Waals surface area contributed by atoms with Crippen molar-refractivity contribution in [2.24, 2.45) is 0 Å². The van der Waals surface area contributed by atoms with E-state index < -0.39 is 21.0 Å². The highest BCUT2D eigenvalue weighted by Gasteiger charge is 2.65. The number of rotatable bonds is 14. The van der Waals surface area contributed by atoms with Crippen LogP contribution >= 0.6 is 10.2 Å². The zero-order chi connectivity index (χ0) is 27.7. The summed E-state index contributed by atoms with van der Waals surface area (Å²) in [6.07, 6.45) is 9.88. The molecule has 3 nitrogen and oxygen atoms in total. The van der Waals surface area contributed by atoms with Gasteiger partial charge in [0.15, 0.2) is 0 Å². The lowest BCUT2D eigenvalue weighted by Crippen LogP contribution is -2.13. The molecule has 0 bridgehead atoms. The van der Waals surface area contributed by atoms with Crippen molar-refractivity contribution < 1.29 is 29.0 Å². The predicted octanol–water partition coefficient (Wildman–Crippen LogP) is 10.8. The van der Waals surface area contributed by atoms with Crippen LogP contribution in [0.2, 0.25) is 0 Å². The highest BCUT2D eigenvalue weighted by molar-refractivity contribution is 8.45. The average molecular weight is 556 g/mol. The number of hydrogen-bond donors (Lipinski definition) is 1. The molecule has 0 aliphatic carbocycles. The van der Waals surface area contributed by atoms with Gasteiger partial charge in [-0.25, -0.2) is 0 Å². The van der Waals surface area contributed by atoms with Gasteiger partial charge in [0.05, 0.1) is 6.61 Å². The second kappa shape index (κ2) is 11.8. The van der Waals surface area contributed by atoms with Gasteiger partial charge in [-0.2, -0.15) is 0 Å². The molecule has 0 heterocycles. The normalized spacial score (nSPS) is 13.4. The zero-order valence-corrected chi connectivity index (χ0v) is 22.2. The quantitative estimate of drug-likeness (QED) is 0.159.